The summed E-state index contributed by atoms with van der Waals surface area (Å²) in [5, 5.41) is 32.9. The van der Waals surface area contributed by atoms with Gasteiger partial charge in [0, 0.05) is 6.04 Å². The van der Waals surface area contributed by atoms with E-state index in [9.17, 15) is 15.3 Å². The summed E-state index contributed by atoms with van der Waals surface area (Å²) in [7, 11) is 0. The van der Waals surface area contributed by atoms with E-state index in [1.807, 2.05) is 18.2 Å². The first-order chi connectivity index (χ1) is 13.6. The van der Waals surface area contributed by atoms with Crippen molar-refractivity contribution in [2.24, 2.45) is 0 Å². The number of hydrogen-bond acceptors (Lipinski definition) is 8. The Morgan fingerprint density at radius 2 is 1.93 bits per heavy atom. The lowest BCUT2D eigenvalue weighted by Crippen LogP contribution is -2.33. The lowest BCUT2D eigenvalue weighted by Gasteiger charge is -2.17. The van der Waals surface area contributed by atoms with Gasteiger partial charge in [-0.05, 0) is 18.9 Å². The van der Waals surface area contributed by atoms with Gasteiger partial charge in [0.05, 0.1) is 12.9 Å². The average molecular weight is 385 g/mol. The number of imidazole rings is 1. The molecule has 3 heterocycles. The second-order valence-corrected chi connectivity index (χ2v) is 7.01. The summed E-state index contributed by atoms with van der Waals surface area (Å²) in [5.41, 5.74) is 2.23. The quantitative estimate of drug-likeness (QED) is 0.483. The summed E-state index contributed by atoms with van der Waals surface area (Å²) in [4.78, 5) is 12.9. The highest BCUT2D eigenvalue weighted by Crippen LogP contribution is 2.32. The molecule has 1 saturated heterocycles. The fourth-order valence-electron chi connectivity index (χ4n) is 3.51. The van der Waals surface area contributed by atoms with Crippen molar-refractivity contribution in [2.45, 2.75) is 43.9 Å². The van der Waals surface area contributed by atoms with Crippen molar-refractivity contribution >= 4 is 17.0 Å². The number of nitrogens with zero attached hydrogens (tertiary/aromatic N) is 4. The normalized spacial score (nSPS) is 25.9. The Labute approximate surface area is 161 Å². The van der Waals surface area contributed by atoms with Gasteiger partial charge in [-0.1, -0.05) is 30.3 Å². The molecule has 148 valence electrons. The van der Waals surface area contributed by atoms with Crippen molar-refractivity contribution in [1.29, 1.82) is 0 Å². The van der Waals surface area contributed by atoms with Crippen LogP contribution in [0.1, 0.15) is 18.7 Å². The zero-order valence-corrected chi connectivity index (χ0v) is 15.4. The fraction of sp³-hybridized carbons (Fsp3) is 0.421. The Morgan fingerprint density at radius 3 is 2.64 bits per heavy atom. The molecule has 0 amide bonds. The minimum atomic E-state index is -1.20. The first-order valence-corrected chi connectivity index (χ1v) is 9.19. The molecule has 28 heavy (non-hydrogen) atoms. The molecule has 5 atom stereocenters. The van der Waals surface area contributed by atoms with Gasteiger partial charge < -0.3 is 25.4 Å². The van der Waals surface area contributed by atoms with E-state index >= 15 is 0 Å². The monoisotopic (exact) mass is 385 g/mol. The number of nitrogens with one attached hydrogen (secondary N) is 1. The van der Waals surface area contributed by atoms with Gasteiger partial charge in [0.2, 0.25) is 0 Å². The van der Waals surface area contributed by atoms with E-state index in [2.05, 4.69) is 39.3 Å². The molecule has 9 nitrogen and oxygen atoms in total. The van der Waals surface area contributed by atoms with E-state index in [1.165, 1.54) is 18.2 Å². The van der Waals surface area contributed by atoms with Crippen molar-refractivity contribution in [2.75, 3.05) is 11.9 Å². The zero-order chi connectivity index (χ0) is 19.7. The van der Waals surface area contributed by atoms with Crippen LogP contribution in [-0.2, 0) is 11.2 Å². The summed E-state index contributed by atoms with van der Waals surface area (Å²) < 4.78 is 7.13. The molecule has 0 saturated carbocycles. The molecule has 1 aliphatic heterocycles. The molecule has 0 aliphatic carbocycles. The minimum Gasteiger partial charge on any atom is -0.394 e. The molecular formula is C19H23N5O4. The van der Waals surface area contributed by atoms with Crippen LogP contribution in [0, 0.1) is 0 Å². The van der Waals surface area contributed by atoms with Crippen LogP contribution in [0.25, 0.3) is 11.2 Å². The number of aliphatic hydroxyl groups is 3. The van der Waals surface area contributed by atoms with Crippen molar-refractivity contribution in [3.05, 3.63) is 48.5 Å². The maximum Gasteiger partial charge on any atom is 0.167 e. The number of benzene rings is 1. The molecule has 2 aromatic heterocycles. The Balaban J connectivity index is 1.57. The lowest BCUT2D eigenvalue weighted by atomic mass is 10.1. The smallest absolute Gasteiger partial charge is 0.167 e. The number of rotatable bonds is 6. The van der Waals surface area contributed by atoms with Crippen molar-refractivity contribution < 1.29 is 20.1 Å². The molecule has 9 heteroatoms. The molecule has 1 unspecified atom stereocenters. The fourth-order valence-corrected chi connectivity index (χ4v) is 3.51. The van der Waals surface area contributed by atoms with Crippen LogP contribution >= 0.6 is 0 Å². The van der Waals surface area contributed by atoms with Crippen LogP contribution in [0.2, 0.25) is 0 Å². The SMILES string of the molecule is C[C@H](Cc1ccccc1)Nc1ncnc2c1ncn2[C@@H]1O[C@H](CO)C(O)[C@H]1O. The second-order valence-electron chi connectivity index (χ2n) is 7.01. The van der Waals surface area contributed by atoms with Crippen LogP contribution in [-0.4, -0.2) is 65.8 Å². The van der Waals surface area contributed by atoms with Gasteiger partial charge in [-0.25, -0.2) is 15.0 Å². The van der Waals surface area contributed by atoms with Crippen molar-refractivity contribution in [3.63, 3.8) is 0 Å². The highest BCUT2D eigenvalue weighted by atomic mass is 16.6. The van der Waals surface area contributed by atoms with E-state index in [0.29, 0.717) is 17.0 Å². The van der Waals surface area contributed by atoms with Gasteiger partial charge in [-0.15, -0.1) is 0 Å². The predicted octanol–water partition coefficient (Wildman–Crippen LogP) is 0.481. The summed E-state index contributed by atoms with van der Waals surface area (Å²) in [5.74, 6) is 0.582. The van der Waals surface area contributed by atoms with E-state index in [4.69, 9.17) is 4.74 Å². The Hall–Kier alpha value is -2.59. The van der Waals surface area contributed by atoms with Gasteiger partial charge in [-0.3, -0.25) is 4.57 Å². The third kappa shape index (κ3) is 3.45. The first kappa shape index (κ1) is 18.8. The third-order valence-corrected chi connectivity index (χ3v) is 4.92. The first-order valence-electron chi connectivity index (χ1n) is 9.19. The second kappa shape index (κ2) is 7.80. The van der Waals surface area contributed by atoms with Crippen LogP contribution in [0.5, 0.6) is 0 Å². The maximum atomic E-state index is 10.3. The highest BCUT2D eigenvalue weighted by Gasteiger charge is 2.44. The molecule has 1 aromatic carbocycles. The van der Waals surface area contributed by atoms with Crippen LogP contribution in [0.3, 0.4) is 0 Å². The van der Waals surface area contributed by atoms with E-state index in [-0.39, 0.29) is 12.6 Å². The molecule has 0 radical (unpaired) electrons. The standard InChI is InChI=1S/C19H23N5O4/c1-11(7-12-5-3-2-4-6-12)23-17-14-18(21-9-20-17)24(10-22-14)19-16(27)15(26)13(8-25)28-19/h2-6,9-11,13,15-16,19,25-27H,7-8H2,1H3,(H,20,21,23)/t11-,13-,15?,16-,19-/m1/s1. The molecule has 0 spiro atoms. The van der Waals surface area contributed by atoms with E-state index in [0.717, 1.165) is 6.42 Å². The minimum absolute atomic E-state index is 0.111. The Morgan fingerprint density at radius 1 is 1.14 bits per heavy atom. The predicted molar refractivity (Wildman–Crippen MR) is 102 cm³/mol. The molecule has 4 rings (SSSR count). The number of ether oxygens (including phenoxy) is 1. The number of aliphatic hydroxyl groups excluding tert-OH is 3. The number of fused-ring (bicyclic) bond motifs is 1. The summed E-state index contributed by atoms with van der Waals surface area (Å²) >= 11 is 0. The number of aromatic nitrogens is 4. The summed E-state index contributed by atoms with van der Waals surface area (Å²) in [6.07, 6.45) is -0.395. The van der Waals surface area contributed by atoms with Gasteiger partial charge in [0.1, 0.15) is 24.6 Å². The molecule has 0 bridgehead atoms. The molecule has 4 N–H and O–H groups in total. The molecule has 1 fully saturated rings. The average Bonchev–Trinajstić information content (AvgIpc) is 3.25. The van der Waals surface area contributed by atoms with Crippen molar-refractivity contribution in [3.8, 4) is 0 Å². The van der Waals surface area contributed by atoms with Gasteiger partial charge >= 0.3 is 0 Å². The Bertz CT molecular complexity index is 934. The van der Waals surface area contributed by atoms with Crippen molar-refractivity contribution in [1.82, 2.24) is 19.5 Å². The number of hydrogen-bond donors (Lipinski definition) is 4. The topological polar surface area (TPSA) is 126 Å². The van der Waals surface area contributed by atoms with E-state index < -0.39 is 24.5 Å². The number of anilines is 1. The Kier molecular flexibility index (Phi) is 5.23. The molecule has 3 aromatic rings. The third-order valence-electron chi connectivity index (χ3n) is 4.92. The lowest BCUT2D eigenvalue weighted by molar-refractivity contribution is -0.0511. The van der Waals surface area contributed by atoms with Crippen LogP contribution in [0.15, 0.2) is 43.0 Å². The van der Waals surface area contributed by atoms with Gasteiger partial charge in [0.25, 0.3) is 0 Å². The zero-order valence-electron chi connectivity index (χ0n) is 15.4. The molecule has 1 aliphatic rings. The van der Waals surface area contributed by atoms with Crippen LogP contribution < -0.4 is 5.32 Å². The highest BCUT2D eigenvalue weighted by molar-refractivity contribution is 5.82. The van der Waals surface area contributed by atoms with Gasteiger partial charge in [0.15, 0.2) is 23.2 Å². The van der Waals surface area contributed by atoms with Gasteiger partial charge in [-0.2, -0.15) is 0 Å². The largest absolute Gasteiger partial charge is 0.394 e. The van der Waals surface area contributed by atoms with Crippen LogP contribution in [0.4, 0.5) is 5.82 Å². The van der Waals surface area contributed by atoms with E-state index in [1.54, 1.807) is 4.57 Å². The maximum absolute atomic E-state index is 10.3. The molecular weight excluding hydrogens is 362 g/mol. The summed E-state index contributed by atoms with van der Waals surface area (Å²) in [6, 6.07) is 10.3. The summed E-state index contributed by atoms with van der Waals surface area (Å²) in [6.45, 7) is 1.67.